The first-order valence-corrected chi connectivity index (χ1v) is 7.35. The first-order chi connectivity index (χ1) is 9.16. The van der Waals surface area contributed by atoms with Gasteiger partial charge >= 0.3 is 0 Å². The van der Waals surface area contributed by atoms with Crippen LogP contribution in [0.3, 0.4) is 0 Å². The first-order valence-electron chi connectivity index (χ1n) is 7.35. The number of hydrogen-bond acceptors (Lipinski definition) is 1. The van der Waals surface area contributed by atoms with E-state index in [9.17, 15) is 8.78 Å². The molecule has 3 heteroatoms. The summed E-state index contributed by atoms with van der Waals surface area (Å²) in [6.07, 6.45) is 7.87. The minimum absolute atomic E-state index is 0.140. The van der Waals surface area contributed by atoms with Crippen LogP contribution >= 0.6 is 0 Å². The molecule has 1 nitrogen and oxygen atoms in total. The van der Waals surface area contributed by atoms with Crippen LogP contribution in [0.5, 0.6) is 0 Å². The third-order valence-electron chi connectivity index (χ3n) is 4.14. The van der Waals surface area contributed by atoms with E-state index >= 15 is 0 Å². The van der Waals surface area contributed by atoms with Gasteiger partial charge in [0.05, 0.1) is 0 Å². The van der Waals surface area contributed by atoms with Crippen molar-refractivity contribution in [1.82, 2.24) is 5.32 Å². The maximum atomic E-state index is 13.6. The van der Waals surface area contributed by atoms with Crippen molar-refractivity contribution >= 4 is 0 Å². The molecule has 1 aliphatic rings. The predicted molar refractivity (Wildman–Crippen MR) is 74.0 cm³/mol. The van der Waals surface area contributed by atoms with E-state index in [2.05, 4.69) is 5.32 Å². The molecule has 0 amide bonds. The van der Waals surface area contributed by atoms with Crippen LogP contribution in [0.4, 0.5) is 8.78 Å². The van der Waals surface area contributed by atoms with Gasteiger partial charge < -0.3 is 5.32 Å². The quantitative estimate of drug-likeness (QED) is 0.744. The Morgan fingerprint density at radius 1 is 1.26 bits per heavy atom. The first kappa shape index (κ1) is 14.4. The van der Waals surface area contributed by atoms with Gasteiger partial charge in [0, 0.05) is 11.6 Å². The zero-order chi connectivity index (χ0) is 13.7. The number of hydrogen-bond donors (Lipinski definition) is 1. The summed E-state index contributed by atoms with van der Waals surface area (Å²) >= 11 is 0. The van der Waals surface area contributed by atoms with Gasteiger partial charge in [0.25, 0.3) is 0 Å². The fraction of sp³-hybridized carbons (Fsp3) is 0.625. The second-order valence-electron chi connectivity index (χ2n) is 5.63. The Morgan fingerprint density at radius 3 is 2.74 bits per heavy atom. The van der Waals surface area contributed by atoms with E-state index in [1.807, 2.05) is 6.92 Å². The van der Waals surface area contributed by atoms with Gasteiger partial charge in [0.1, 0.15) is 11.6 Å². The van der Waals surface area contributed by atoms with Crippen molar-refractivity contribution in [2.75, 3.05) is 6.54 Å². The highest BCUT2D eigenvalue weighted by Gasteiger charge is 2.15. The highest BCUT2D eigenvalue weighted by atomic mass is 19.1. The lowest BCUT2D eigenvalue weighted by molar-refractivity contribution is 0.450. The van der Waals surface area contributed by atoms with Crippen molar-refractivity contribution < 1.29 is 8.78 Å². The SMILES string of the molecule is CC(NCCCC1CCCC1)c1cc(F)ccc1F. The molecule has 1 aromatic rings. The molecule has 0 aromatic heterocycles. The molecule has 0 bridgehead atoms. The molecule has 1 aromatic carbocycles. The molecule has 0 spiro atoms. The van der Waals surface area contributed by atoms with E-state index in [0.29, 0.717) is 5.56 Å². The Morgan fingerprint density at radius 2 is 2.00 bits per heavy atom. The molecule has 1 fully saturated rings. The third kappa shape index (κ3) is 4.27. The summed E-state index contributed by atoms with van der Waals surface area (Å²) in [5.74, 6) is 0.177. The number of rotatable bonds is 6. The van der Waals surface area contributed by atoms with Crippen LogP contribution in [0.1, 0.15) is 57.1 Å². The largest absolute Gasteiger partial charge is 0.310 e. The Hall–Kier alpha value is -0.960. The van der Waals surface area contributed by atoms with Crippen LogP contribution in [0, 0.1) is 17.6 Å². The van der Waals surface area contributed by atoms with E-state index in [-0.39, 0.29) is 17.7 Å². The van der Waals surface area contributed by atoms with Crippen LogP contribution < -0.4 is 5.32 Å². The topological polar surface area (TPSA) is 12.0 Å². The molecule has 1 N–H and O–H groups in total. The van der Waals surface area contributed by atoms with Crippen molar-refractivity contribution in [3.8, 4) is 0 Å². The number of halogens is 2. The minimum Gasteiger partial charge on any atom is -0.310 e. The molecular formula is C16H23F2N. The van der Waals surface area contributed by atoms with Crippen molar-refractivity contribution in [3.63, 3.8) is 0 Å². The van der Waals surface area contributed by atoms with E-state index in [1.54, 1.807) is 0 Å². The smallest absolute Gasteiger partial charge is 0.128 e. The average molecular weight is 267 g/mol. The van der Waals surface area contributed by atoms with Crippen LogP contribution in [-0.4, -0.2) is 6.54 Å². The summed E-state index contributed by atoms with van der Waals surface area (Å²) in [6.45, 7) is 2.75. The Bertz CT molecular complexity index is 400. The van der Waals surface area contributed by atoms with E-state index in [1.165, 1.54) is 44.2 Å². The Balaban J connectivity index is 1.74. The number of nitrogens with one attached hydrogen (secondary N) is 1. The fourth-order valence-electron chi connectivity index (χ4n) is 2.96. The second-order valence-corrected chi connectivity index (χ2v) is 5.63. The molecule has 0 aliphatic heterocycles. The van der Waals surface area contributed by atoms with Gasteiger partial charge in [-0.15, -0.1) is 0 Å². The zero-order valence-corrected chi connectivity index (χ0v) is 11.6. The maximum absolute atomic E-state index is 13.6. The second kappa shape index (κ2) is 6.99. The van der Waals surface area contributed by atoms with Crippen molar-refractivity contribution in [2.45, 2.75) is 51.5 Å². The molecule has 0 radical (unpaired) electrons. The summed E-state index contributed by atoms with van der Waals surface area (Å²) in [7, 11) is 0. The third-order valence-corrected chi connectivity index (χ3v) is 4.14. The molecule has 106 valence electrons. The molecule has 1 saturated carbocycles. The summed E-state index contributed by atoms with van der Waals surface area (Å²) < 4.78 is 26.7. The number of benzene rings is 1. The minimum atomic E-state index is -0.379. The van der Waals surface area contributed by atoms with Crippen molar-refractivity contribution in [1.29, 1.82) is 0 Å². The molecule has 1 aliphatic carbocycles. The molecule has 0 saturated heterocycles. The lowest BCUT2D eigenvalue weighted by Gasteiger charge is -2.16. The van der Waals surface area contributed by atoms with Gasteiger partial charge in [0.2, 0.25) is 0 Å². The monoisotopic (exact) mass is 267 g/mol. The van der Waals surface area contributed by atoms with Gasteiger partial charge in [-0.1, -0.05) is 25.7 Å². The summed E-state index contributed by atoms with van der Waals surface area (Å²) in [5.41, 5.74) is 0.417. The summed E-state index contributed by atoms with van der Waals surface area (Å²) in [5, 5.41) is 3.28. The fourth-order valence-corrected chi connectivity index (χ4v) is 2.96. The Labute approximate surface area is 114 Å². The highest BCUT2D eigenvalue weighted by Crippen LogP contribution is 2.28. The normalized spacial score (nSPS) is 17.8. The lowest BCUT2D eigenvalue weighted by atomic mass is 10.0. The molecule has 1 unspecified atom stereocenters. The van der Waals surface area contributed by atoms with Gasteiger partial charge in [-0.2, -0.15) is 0 Å². The van der Waals surface area contributed by atoms with Gasteiger partial charge in [-0.25, -0.2) is 8.78 Å². The molecule has 1 atom stereocenters. The highest BCUT2D eigenvalue weighted by molar-refractivity contribution is 5.21. The Kier molecular flexibility index (Phi) is 5.32. The van der Waals surface area contributed by atoms with Gasteiger partial charge in [0.15, 0.2) is 0 Å². The predicted octanol–water partition coefficient (Wildman–Crippen LogP) is 4.59. The van der Waals surface area contributed by atoms with Crippen molar-refractivity contribution in [2.24, 2.45) is 5.92 Å². The van der Waals surface area contributed by atoms with Crippen LogP contribution in [0.25, 0.3) is 0 Å². The van der Waals surface area contributed by atoms with Crippen LogP contribution in [-0.2, 0) is 0 Å². The van der Waals surface area contributed by atoms with E-state index in [4.69, 9.17) is 0 Å². The maximum Gasteiger partial charge on any atom is 0.128 e. The van der Waals surface area contributed by atoms with Gasteiger partial charge in [-0.05, 0) is 50.4 Å². The van der Waals surface area contributed by atoms with E-state index in [0.717, 1.165) is 24.9 Å². The van der Waals surface area contributed by atoms with E-state index < -0.39 is 0 Å². The van der Waals surface area contributed by atoms with Gasteiger partial charge in [-0.3, -0.25) is 0 Å². The summed E-state index contributed by atoms with van der Waals surface area (Å²) in [4.78, 5) is 0. The molecule has 19 heavy (non-hydrogen) atoms. The summed E-state index contributed by atoms with van der Waals surface area (Å²) in [6, 6.07) is 3.50. The zero-order valence-electron chi connectivity index (χ0n) is 11.6. The van der Waals surface area contributed by atoms with Crippen LogP contribution in [0.2, 0.25) is 0 Å². The molecule has 0 heterocycles. The standard InChI is InChI=1S/C16H23F2N/c1-12(15-11-14(17)8-9-16(15)18)19-10-4-7-13-5-2-3-6-13/h8-9,11-13,19H,2-7,10H2,1H3. The lowest BCUT2D eigenvalue weighted by Crippen LogP contribution is -2.21. The van der Waals surface area contributed by atoms with Crippen molar-refractivity contribution in [3.05, 3.63) is 35.4 Å². The molecular weight excluding hydrogens is 244 g/mol. The molecule has 2 rings (SSSR count). The average Bonchev–Trinajstić information content (AvgIpc) is 2.90. The van der Waals surface area contributed by atoms with Crippen LogP contribution in [0.15, 0.2) is 18.2 Å².